The van der Waals surface area contributed by atoms with E-state index in [2.05, 4.69) is 11.9 Å². The van der Waals surface area contributed by atoms with Crippen LogP contribution in [-0.4, -0.2) is 12.6 Å². The first-order valence-corrected chi connectivity index (χ1v) is 4.97. The molecule has 15 heavy (non-hydrogen) atoms. The van der Waals surface area contributed by atoms with Crippen LogP contribution >= 0.6 is 0 Å². The molecule has 0 aliphatic heterocycles. The van der Waals surface area contributed by atoms with Crippen LogP contribution in [0.4, 0.5) is 8.78 Å². The Morgan fingerprint density at radius 1 is 1.47 bits per heavy atom. The molecule has 0 amide bonds. The highest BCUT2D eigenvalue weighted by molar-refractivity contribution is 5.20. The Kier molecular flexibility index (Phi) is 4.43. The predicted octanol–water partition coefficient (Wildman–Crippen LogP) is 2.67. The lowest BCUT2D eigenvalue weighted by molar-refractivity contribution is 0.551. The summed E-state index contributed by atoms with van der Waals surface area (Å²) in [5.41, 5.74) is 0.502. The summed E-state index contributed by atoms with van der Waals surface area (Å²) < 4.78 is 25.9. The first kappa shape index (κ1) is 11.9. The van der Waals surface area contributed by atoms with Crippen molar-refractivity contribution in [2.24, 2.45) is 0 Å². The minimum atomic E-state index is -0.546. The van der Waals surface area contributed by atoms with E-state index in [9.17, 15) is 8.78 Å². The van der Waals surface area contributed by atoms with E-state index in [0.717, 1.165) is 12.6 Å². The molecule has 0 spiro atoms. The minimum Gasteiger partial charge on any atom is -0.310 e. The van der Waals surface area contributed by atoms with E-state index >= 15 is 0 Å². The second-order valence-corrected chi connectivity index (χ2v) is 3.34. The van der Waals surface area contributed by atoms with Gasteiger partial charge in [0.1, 0.15) is 11.6 Å². The van der Waals surface area contributed by atoms with Crippen molar-refractivity contribution in [3.05, 3.63) is 48.1 Å². The van der Waals surface area contributed by atoms with Gasteiger partial charge in [-0.3, -0.25) is 0 Å². The molecule has 0 aromatic heterocycles. The molecule has 0 aliphatic carbocycles. The van der Waals surface area contributed by atoms with Gasteiger partial charge in [-0.15, -0.1) is 6.58 Å². The maximum absolute atomic E-state index is 13.3. The number of hydrogen-bond donors (Lipinski definition) is 1. The Morgan fingerprint density at radius 2 is 2.20 bits per heavy atom. The third-order valence-corrected chi connectivity index (χ3v) is 2.21. The van der Waals surface area contributed by atoms with Crippen molar-refractivity contribution in [3.63, 3.8) is 0 Å². The number of hydrogen-bond acceptors (Lipinski definition) is 1. The maximum Gasteiger partial charge on any atom is 0.129 e. The summed E-state index contributed by atoms with van der Waals surface area (Å²) in [5.74, 6) is -1.05. The van der Waals surface area contributed by atoms with Crippen molar-refractivity contribution in [2.75, 3.05) is 6.54 Å². The number of likely N-dealkylation sites (N-methyl/N-ethyl adjacent to an activating group) is 1. The molecule has 1 atom stereocenters. The molecule has 0 fully saturated rings. The normalized spacial score (nSPS) is 12.5. The molecule has 0 heterocycles. The van der Waals surface area contributed by atoms with E-state index in [1.807, 2.05) is 6.92 Å². The molecular formula is C12H15F2N. The zero-order valence-electron chi connectivity index (χ0n) is 8.76. The van der Waals surface area contributed by atoms with Gasteiger partial charge in [-0.25, -0.2) is 8.78 Å². The lowest BCUT2D eigenvalue weighted by atomic mass is 10.1. The van der Waals surface area contributed by atoms with Gasteiger partial charge in [0.2, 0.25) is 0 Å². The van der Waals surface area contributed by atoms with Crippen molar-refractivity contribution in [2.45, 2.75) is 19.4 Å². The van der Waals surface area contributed by atoms with Gasteiger partial charge in [0.25, 0.3) is 0 Å². The Bertz CT molecular complexity index is 336. The minimum absolute atomic E-state index is 0.0231. The largest absolute Gasteiger partial charge is 0.310 e. The number of nitrogens with one attached hydrogen (secondary N) is 1. The molecule has 1 unspecified atom stereocenters. The average Bonchev–Trinajstić information content (AvgIpc) is 2.21. The highest BCUT2D eigenvalue weighted by Gasteiger charge is 2.08. The van der Waals surface area contributed by atoms with E-state index < -0.39 is 11.6 Å². The quantitative estimate of drug-likeness (QED) is 0.738. The van der Waals surface area contributed by atoms with Crippen LogP contribution in [0.3, 0.4) is 0 Å². The molecule has 1 aromatic carbocycles. The fourth-order valence-corrected chi connectivity index (χ4v) is 1.43. The Morgan fingerprint density at radius 3 is 2.73 bits per heavy atom. The average molecular weight is 211 g/mol. The van der Waals surface area contributed by atoms with Crippen LogP contribution in [0.1, 0.15) is 12.5 Å². The highest BCUT2D eigenvalue weighted by Crippen LogP contribution is 2.11. The van der Waals surface area contributed by atoms with Gasteiger partial charge in [-0.2, -0.15) is 0 Å². The Hall–Kier alpha value is -1.22. The summed E-state index contributed by atoms with van der Waals surface area (Å²) in [6.45, 7) is 6.42. The van der Waals surface area contributed by atoms with Gasteiger partial charge < -0.3 is 5.32 Å². The maximum atomic E-state index is 13.3. The van der Waals surface area contributed by atoms with Crippen molar-refractivity contribution in [1.82, 2.24) is 5.32 Å². The second kappa shape index (κ2) is 5.61. The summed E-state index contributed by atoms with van der Waals surface area (Å²) >= 11 is 0. The Labute approximate surface area is 88.8 Å². The molecule has 82 valence electrons. The number of halogens is 2. The van der Waals surface area contributed by atoms with E-state index in [1.54, 1.807) is 6.08 Å². The fraction of sp³-hybridized carbons (Fsp3) is 0.333. The van der Waals surface area contributed by atoms with Gasteiger partial charge in [0, 0.05) is 12.1 Å². The van der Waals surface area contributed by atoms with Crippen LogP contribution in [0.5, 0.6) is 0 Å². The van der Waals surface area contributed by atoms with E-state index in [4.69, 9.17) is 0 Å². The monoisotopic (exact) mass is 211 g/mol. The molecule has 0 aliphatic rings. The van der Waals surface area contributed by atoms with Crippen LogP contribution in [0.2, 0.25) is 0 Å². The van der Waals surface area contributed by atoms with Crippen molar-refractivity contribution >= 4 is 0 Å². The number of benzene rings is 1. The van der Waals surface area contributed by atoms with E-state index in [-0.39, 0.29) is 6.04 Å². The van der Waals surface area contributed by atoms with Crippen LogP contribution in [0.25, 0.3) is 0 Å². The molecule has 0 saturated carbocycles. The SMILES string of the molecule is C=CC(Cc1ccc(F)cc1F)NCC. The molecule has 0 radical (unpaired) electrons. The molecule has 3 heteroatoms. The molecular weight excluding hydrogens is 196 g/mol. The summed E-state index contributed by atoms with van der Waals surface area (Å²) in [5, 5.41) is 3.14. The second-order valence-electron chi connectivity index (χ2n) is 3.34. The van der Waals surface area contributed by atoms with Crippen LogP contribution in [-0.2, 0) is 6.42 Å². The topological polar surface area (TPSA) is 12.0 Å². The van der Waals surface area contributed by atoms with Crippen LogP contribution < -0.4 is 5.32 Å². The van der Waals surface area contributed by atoms with Gasteiger partial charge in [0.15, 0.2) is 0 Å². The number of rotatable bonds is 5. The highest BCUT2D eigenvalue weighted by atomic mass is 19.1. The third-order valence-electron chi connectivity index (χ3n) is 2.21. The predicted molar refractivity (Wildman–Crippen MR) is 57.7 cm³/mol. The lowest BCUT2D eigenvalue weighted by Crippen LogP contribution is -2.29. The molecule has 1 nitrogen and oxygen atoms in total. The third kappa shape index (κ3) is 3.44. The van der Waals surface area contributed by atoms with Crippen LogP contribution in [0, 0.1) is 11.6 Å². The fourth-order valence-electron chi connectivity index (χ4n) is 1.43. The van der Waals surface area contributed by atoms with Crippen molar-refractivity contribution < 1.29 is 8.78 Å². The summed E-state index contributed by atoms with van der Waals surface area (Å²) in [6.07, 6.45) is 2.22. The first-order valence-electron chi connectivity index (χ1n) is 4.97. The van der Waals surface area contributed by atoms with Gasteiger partial charge in [0.05, 0.1) is 0 Å². The summed E-state index contributed by atoms with van der Waals surface area (Å²) in [6, 6.07) is 3.67. The molecule has 0 saturated heterocycles. The lowest BCUT2D eigenvalue weighted by Gasteiger charge is -2.13. The first-order chi connectivity index (χ1) is 7.17. The standard InChI is InChI=1S/C12H15F2N/c1-3-11(15-4-2)7-9-5-6-10(13)8-12(9)14/h3,5-6,8,11,15H,1,4,7H2,2H3. The molecule has 1 rings (SSSR count). The zero-order valence-corrected chi connectivity index (χ0v) is 8.76. The smallest absolute Gasteiger partial charge is 0.129 e. The molecule has 1 aromatic rings. The van der Waals surface area contributed by atoms with Crippen molar-refractivity contribution in [3.8, 4) is 0 Å². The van der Waals surface area contributed by atoms with Gasteiger partial charge in [-0.1, -0.05) is 19.1 Å². The molecule has 1 N–H and O–H groups in total. The summed E-state index contributed by atoms with van der Waals surface area (Å²) in [7, 11) is 0. The van der Waals surface area contributed by atoms with Crippen LogP contribution in [0.15, 0.2) is 30.9 Å². The van der Waals surface area contributed by atoms with Gasteiger partial charge >= 0.3 is 0 Å². The van der Waals surface area contributed by atoms with E-state index in [1.165, 1.54) is 12.1 Å². The zero-order chi connectivity index (χ0) is 11.3. The van der Waals surface area contributed by atoms with E-state index in [0.29, 0.717) is 12.0 Å². The van der Waals surface area contributed by atoms with Gasteiger partial charge in [-0.05, 0) is 24.6 Å². The molecule has 0 bridgehead atoms. The Balaban J connectivity index is 2.74. The van der Waals surface area contributed by atoms with Crippen molar-refractivity contribution in [1.29, 1.82) is 0 Å². The summed E-state index contributed by atoms with van der Waals surface area (Å²) in [4.78, 5) is 0.